The Morgan fingerprint density at radius 2 is 1.83 bits per heavy atom. The quantitative estimate of drug-likeness (QED) is 0.861. The molecule has 2 aromatic carbocycles. The highest BCUT2D eigenvalue weighted by Crippen LogP contribution is 2.29. The Morgan fingerprint density at radius 1 is 1.11 bits per heavy atom. The SMILES string of the molecule is CNC(c1cccc(C)c1)c1ccc(Br)c(Cl)c1. The molecule has 2 aromatic rings. The van der Waals surface area contributed by atoms with Crippen molar-refractivity contribution in [3.8, 4) is 0 Å². The van der Waals surface area contributed by atoms with E-state index in [9.17, 15) is 0 Å². The molecule has 0 aliphatic heterocycles. The number of rotatable bonds is 3. The Kier molecular flexibility index (Phi) is 4.44. The summed E-state index contributed by atoms with van der Waals surface area (Å²) < 4.78 is 0.923. The van der Waals surface area contributed by atoms with Crippen LogP contribution in [0.5, 0.6) is 0 Å². The van der Waals surface area contributed by atoms with E-state index in [1.165, 1.54) is 11.1 Å². The average Bonchev–Trinajstić information content (AvgIpc) is 2.35. The second kappa shape index (κ2) is 5.87. The van der Waals surface area contributed by atoms with Gasteiger partial charge in [-0.3, -0.25) is 0 Å². The van der Waals surface area contributed by atoms with Crippen LogP contribution in [0.25, 0.3) is 0 Å². The van der Waals surface area contributed by atoms with Crippen LogP contribution in [-0.2, 0) is 0 Å². The molecule has 0 spiro atoms. The van der Waals surface area contributed by atoms with E-state index < -0.39 is 0 Å². The van der Waals surface area contributed by atoms with E-state index in [4.69, 9.17) is 11.6 Å². The zero-order valence-corrected chi connectivity index (χ0v) is 12.7. The lowest BCUT2D eigenvalue weighted by molar-refractivity contribution is 0.691. The lowest BCUT2D eigenvalue weighted by Crippen LogP contribution is -2.17. The first-order chi connectivity index (χ1) is 8.61. The molecule has 1 nitrogen and oxygen atoms in total. The number of hydrogen-bond donors (Lipinski definition) is 1. The van der Waals surface area contributed by atoms with Crippen molar-refractivity contribution in [1.82, 2.24) is 5.32 Å². The van der Waals surface area contributed by atoms with Crippen LogP contribution < -0.4 is 5.32 Å². The van der Waals surface area contributed by atoms with E-state index >= 15 is 0 Å². The van der Waals surface area contributed by atoms with Gasteiger partial charge in [0.05, 0.1) is 11.1 Å². The summed E-state index contributed by atoms with van der Waals surface area (Å²) in [6.07, 6.45) is 0. The molecule has 1 atom stereocenters. The molecule has 1 N–H and O–H groups in total. The van der Waals surface area contributed by atoms with Gasteiger partial charge in [0.2, 0.25) is 0 Å². The van der Waals surface area contributed by atoms with E-state index in [2.05, 4.69) is 58.5 Å². The third kappa shape index (κ3) is 2.94. The molecule has 0 heterocycles. The van der Waals surface area contributed by atoms with Gasteiger partial charge < -0.3 is 5.32 Å². The van der Waals surface area contributed by atoms with Crippen molar-refractivity contribution in [3.05, 3.63) is 68.7 Å². The molecule has 0 aliphatic carbocycles. The predicted molar refractivity (Wildman–Crippen MR) is 81.2 cm³/mol. The molecule has 94 valence electrons. The molecule has 1 unspecified atom stereocenters. The Labute approximate surface area is 121 Å². The molecule has 2 rings (SSSR count). The fraction of sp³-hybridized carbons (Fsp3) is 0.200. The molecular weight excluding hydrogens is 310 g/mol. The van der Waals surface area contributed by atoms with Crippen molar-refractivity contribution in [1.29, 1.82) is 0 Å². The van der Waals surface area contributed by atoms with Gasteiger partial charge in [0.1, 0.15) is 0 Å². The first-order valence-electron chi connectivity index (χ1n) is 5.80. The molecule has 3 heteroatoms. The maximum atomic E-state index is 6.16. The van der Waals surface area contributed by atoms with Crippen LogP contribution in [0.2, 0.25) is 5.02 Å². The lowest BCUT2D eigenvalue weighted by Gasteiger charge is -2.18. The lowest BCUT2D eigenvalue weighted by atomic mass is 9.97. The summed E-state index contributed by atoms with van der Waals surface area (Å²) in [6.45, 7) is 2.10. The minimum atomic E-state index is 0.162. The van der Waals surface area contributed by atoms with Gasteiger partial charge in [-0.05, 0) is 53.2 Å². The molecule has 0 aromatic heterocycles. The summed E-state index contributed by atoms with van der Waals surface area (Å²) in [7, 11) is 1.96. The molecular formula is C15H15BrClN. The number of benzene rings is 2. The minimum absolute atomic E-state index is 0.162. The van der Waals surface area contributed by atoms with E-state index in [1.54, 1.807) is 0 Å². The Morgan fingerprint density at radius 3 is 2.44 bits per heavy atom. The van der Waals surface area contributed by atoms with Gasteiger partial charge >= 0.3 is 0 Å². The summed E-state index contributed by atoms with van der Waals surface area (Å²) >= 11 is 9.57. The van der Waals surface area contributed by atoms with Crippen molar-refractivity contribution in [3.63, 3.8) is 0 Å². The summed E-state index contributed by atoms with van der Waals surface area (Å²) in [5.74, 6) is 0. The fourth-order valence-electron chi connectivity index (χ4n) is 2.07. The van der Waals surface area contributed by atoms with Gasteiger partial charge in [-0.25, -0.2) is 0 Å². The molecule has 0 saturated carbocycles. The molecule has 0 saturated heterocycles. The van der Waals surface area contributed by atoms with Gasteiger partial charge in [-0.2, -0.15) is 0 Å². The first kappa shape index (κ1) is 13.6. The van der Waals surface area contributed by atoms with Crippen molar-refractivity contribution in [2.45, 2.75) is 13.0 Å². The molecule has 0 radical (unpaired) electrons. The standard InChI is InChI=1S/C15H15BrClN/c1-10-4-3-5-11(8-10)15(18-2)12-6-7-13(16)14(17)9-12/h3-9,15,18H,1-2H3. The van der Waals surface area contributed by atoms with Crippen LogP contribution in [0.15, 0.2) is 46.9 Å². The van der Waals surface area contributed by atoms with Crippen molar-refractivity contribution < 1.29 is 0 Å². The van der Waals surface area contributed by atoms with Crippen LogP contribution in [0.1, 0.15) is 22.7 Å². The normalized spacial score (nSPS) is 12.4. The highest BCUT2D eigenvalue weighted by molar-refractivity contribution is 9.10. The third-order valence-electron chi connectivity index (χ3n) is 2.94. The Balaban J connectivity index is 2.42. The van der Waals surface area contributed by atoms with Gasteiger partial charge in [0.15, 0.2) is 0 Å². The highest BCUT2D eigenvalue weighted by Gasteiger charge is 2.13. The van der Waals surface area contributed by atoms with Gasteiger partial charge in [0.25, 0.3) is 0 Å². The highest BCUT2D eigenvalue weighted by atomic mass is 79.9. The van der Waals surface area contributed by atoms with E-state index in [0.717, 1.165) is 15.1 Å². The van der Waals surface area contributed by atoms with Gasteiger partial charge in [-0.1, -0.05) is 47.5 Å². The smallest absolute Gasteiger partial charge is 0.0574 e. The molecule has 18 heavy (non-hydrogen) atoms. The largest absolute Gasteiger partial charge is 0.309 e. The minimum Gasteiger partial charge on any atom is -0.309 e. The van der Waals surface area contributed by atoms with E-state index in [-0.39, 0.29) is 6.04 Å². The Bertz CT molecular complexity index is 554. The summed E-state index contributed by atoms with van der Waals surface area (Å²) in [5.41, 5.74) is 3.67. The third-order valence-corrected chi connectivity index (χ3v) is 4.17. The maximum Gasteiger partial charge on any atom is 0.0574 e. The summed E-state index contributed by atoms with van der Waals surface area (Å²) in [4.78, 5) is 0. The number of hydrogen-bond acceptors (Lipinski definition) is 1. The summed E-state index contributed by atoms with van der Waals surface area (Å²) in [5, 5.41) is 4.07. The fourth-order valence-corrected chi connectivity index (χ4v) is 2.50. The molecule has 0 fully saturated rings. The molecule has 0 bridgehead atoms. The average molecular weight is 325 g/mol. The predicted octanol–water partition coefficient (Wildman–Crippen LogP) is 4.72. The van der Waals surface area contributed by atoms with E-state index in [0.29, 0.717) is 0 Å². The van der Waals surface area contributed by atoms with Crippen molar-refractivity contribution in [2.75, 3.05) is 7.05 Å². The van der Waals surface area contributed by atoms with Crippen LogP contribution in [0, 0.1) is 6.92 Å². The van der Waals surface area contributed by atoms with Crippen LogP contribution in [-0.4, -0.2) is 7.05 Å². The molecule has 0 amide bonds. The second-order valence-corrected chi connectivity index (χ2v) is 5.57. The van der Waals surface area contributed by atoms with Crippen LogP contribution >= 0.6 is 27.5 Å². The van der Waals surface area contributed by atoms with Gasteiger partial charge in [-0.15, -0.1) is 0 Å². The zero-order valence-electron chi connectivity index (χ0n) is 10.4. The van der Waals surface area contributed by atoms with Crippen molar-refractivity contribution >= 4 is 27.5 Å². The Hall–Kier alpha value is -0.830. The van der Waals surface area contributed by atoms with Crippen molar-refractivity contribution in [2.24, 2.45) is 0 Å². The number of halogens is 2. The number of aryl methyl sites for hydroxylation is 1. The zero-order chi connectivity index (χ0) is 13.1. The van der Waals surface area contributed by atoms with Crippen LogP contribution in [0.4, 0.5) is 0 Å². The molecule has 0 aliphatic rings. The summed E-state index contributed by atoms with van der Waals surface area (Å²) in [6, 6.07) is 14.7. The van der Waals surface area contributed by atoms with Crippen LogP contribution in [0.3, 0.4) is 0 Å². The maximum absolute atomic E-state index is 6.16. The van der Waals surface area contributed by atoms with Gasteiger partial charge in [0, 0.05) is 4.47 Å². The topological polar surface area (TPSA) is 12.0 Å². The van der Waals surface area contributed by atoms with E-state index in [1.807, 2.05) is 19.2 Å². The number of nitrogens with one attached hydrogen (secondary N) is 1. The first-order valence-corrected chi connectivity index (χ1v) is 6.97. The second-order valence-electron chi connectivity index (χ2n) is 4.31. The monoisotopic (exact) mass is 323 g/mol.